The van der Waals surface area contributed by atoms with Gasteiger partial charge in [-0.3, -0.25) is 14.6 Å². The lowest BCUT2D eigenvalue weighted by Crippen LogP contribution is -2.44. The van der Waals surface area contributed by atoms with Gasteiger partial charge < -0.3 is 9.84 Å². The molecule has 3 fully saturated rings. The van der Waals surface area contributed by atoms with Gasteiger partial charge in [-0.2, -0.15) is 0 Å². The van der Waals surface area contributed by atoms with Gasteiger partial charge in [0, 0.05) is 37.8 Å². The number of aliphatic carboxylic acids is 1. The number of hydrogen-bond donors (Lipinski definition) is 1. The van der Waals surface area contributed by atoms with Crippen molar-refractivity contribution in [3.8, 4) is 0 Å². The number of likely N-dealkylation sites (tertiary alicyclic amines) is 2. The number of carboxylic acids is 1. The summed E-state index contributed by atoms with van der Waals surface area (Å²) in [5.74, 6) is -0.771. The summed E-state index contributed by atoms with van der Waals surface area (Å²) in [5.41, 5.74) is 0. The Morgan fingerprint density at radius 2 is 1.90 bits per heavy atom. The smallest absolute Gasteiger partial charge is 0.305 e. The molecule has 3 rings (SSSR count). The SMILES string of the molecule is CC1CC(N2CCC(OCCC(=O)O)CC2)CN1C1CC1. The number of rotatable bonds is 6. The molecule has 2 saturated heterocycles. The lowest BCUT2D eigenvalue weighted by Gasteiger charge is -2.35. The van der Waals surface area contributed by atoms with Gasteiger partial charge in [-0.25, -0.2) is 0 Å². The van der Waals surface area contributed by atoms with E-state index in [2.05, 4.69) is 16.7 Å². The Morgan fingerprint density at radius 1 is 1.19 bits per heavy atom. The first-order chi connectivity index (χ1) is 10.1. The Kier molecular flexibility index (Phi) is 4.82. The largest absolute Gasteiger partial charge is 0.481 e. The van der Waals surface area contributed by atoms with Gasteiger partial charge in [0.1, 0.15) is 0 Å². The van der Waals surface area contributed by atoms with Crippen molar-refractivity contribution in [3.63, 3.8) is 0 Å². The Hall–Kier alpha value is -0.650. The van der Waals surface area contributed by atoms with Gasteiger partial charge in [0.15, 0.2) is 0 Å². The van der Waals surface area contributed by atoms with Crippen molar-refractivity contribution in [2.75, 3.05) is 26.2 Å². The van der Waals surface area contributed by atoms with Gasteiger partial charge in [-0.05, 0) is 39.0 Å². The van der Waals surface area contributed by atoms with E-state index in [1.807, 2.05) is 0 Å². The van der Waals surface area contributed by atoms with E-state index in [1.54, 1.807) is 0 Å². The first kappa shape index (κ1) is 15.3. The second kappa shape index (κ2) is 6.63. The lowest BCUT2D eigenvalue weighted by molar-refractivity contribution is -0.138. The molecule has 0 aromatic carbocycles. The van der Waals surface area contributed by atoms with Gasteiger partial charge in [0.25, 0.3) is 0 Å². The molecule has 2 atom stereocenters. The summed E-state index contributed by atoms with van der Waals surface area (Å²) in [7, 11) is 0. The molecule has 0 amide bonds. The number of carbonyl (C=O) groups is 1. The van der Waals surface area contributed by atoms with Crippen LogP contribution in [0.3, 0.4) is 0 Å². The minimum absolute atomic E-state index is 0.122. The van der Waals surface area contributed by atoms with Crippen molar-refractivity contribution in [2.24, 2.45) is 0 Å². The van der Waals surface area contributed by atoms with E-state index in [0.29, 0.717) is 6.61 Å². The van der Waals surface area contributed by atoms with E-state index in [1.165, 1.54) is 25.8 Å². The highest BCUT2D eigenvalue weighted by molar-refractivity contribution is 5.66. The predicted octanol–water partition coefficient (Wildman–Crippen LogP) is 1.57. The van der Waals surface area contributed by atoms with E-state index in [-0.39, 0.29) is 12.5 Å². The molecule has 3 aliphatic rings. The molecule has 2 heterocycles. The normalized spacial score (nSPS) is 32.6. The minimum Gasteiger partial charge on any atom is -0.481 e. The molecule has 0 radical (unpaired) electrons. The number of ether oxygens (including phenoxy) is 1. The average molecular weight is 296 g/mol. The van der Waals surface area contributed by atoms with Crippen LogP contribution in [0.2, 0.25) is 0 Å². The summed E-state index contributed by atoms with van der Waals surface area (Å²) >= 11 is 0. The van der Waals surface area contributed by atoms with E-state index in [4.69, 9.17) is 9.84 Å². The van der Waals surface area contributed by atoms with Crippen molar-refractivity contribution in [1.29, 1.82) is 0 Å². The Bertz CT molecular complexity index is 365. The van der Waals surface area contributed by atoms with E-state index < -0.39 is 5.97 Å². The third-order valence-corrected chi connectivity index (χ3v) is 5.28. The van der Waals surface area contributed by atoms with E-state index in [9.17, 15) is 4.79 Å². The van der Waals surface area contributed by atoms with E-state index in [0.717, 1.165) is 44.1 Å². The molecule has 5 nitrogen and oxygen atoms in total. The Labute approximate surface area is 127 Å². The maximum Gasteiger partial charge on any atom is 0.305 e. The van der Waals surface area contributed by atoms with Gasteiger partial charge >= 0.3 is 5.97 Å². The number of nitrogens with zero attached hydrogens (tertiary/aromatic N) is 2. The molecule has 21 heavy (non-hydrogen) atoms. The molecule has 120 valence electrons. The monoisotopic (exact) mass is 296 g/mol. The first-order valence-corrected chi connectivity index (χ1v) is 8.46. The van der Waals surface area contributed by atoms with Crippen LogP contribution < -0.4 is 0 Å². The molecule has 0 aromatic rings. The predicted molar refractivity (Wildman–Crippen MR) is 80.4 cm³/mol. The van der Waals surface area contributed by atoms with Gasteiger partial charge in [0.05, 0.1) is 19.1 Å². The van der Waals surface area contributed by atoms with Crippen molar-refractivity contribution in [3.05, 3.63) is 0 Å². The zero-order valence-electron chi connectivity index (χ0n) is 13.0. The van der Waals surface area contributed by atoms with E-state index >= 15 is 0 Å². The highest BCUT2D eigenvalue weighted by atomic mass is 16.5. The third-order valence-electron chi connectivity index (χ3n) is 5.28. The molecule has 2 unspecified atom stereocenters. The lowest BCUT2D eigenvalue weighted by atomic mass is 10.0. The van der Waals surface area contributed by atoms with Gasteiger partial charge in [0.2, 0.25) is 0 Å². The molecule has 0 aromatic heterocycles. The Morgan fingerprint density at radius 3 is 2.52 bits per heavy atom. The third kappa shape index (κ3) is 3.96. The molecular weight excluding hydrogens is 268 g/mol. The maximum atomic E-state index is 10.5. The molecule has 1 saturated carbocycles. The van der Waals surface area contributed by atoms with Crippen LogP contribution in [0.4, 0.5) is 0 Å². The van der Waals surface area contributed by atoms with Crippen molar-refractivity contribution in [1.82, 2.24) is 9.80 Å². The molecule has 0 bridgehead atoms. The van der Waals surface area contributed by atoms with Gasteiger partial charge in [-0.15, -0.1) is 0 Å². The molecule has 1 aliphatic carbocycles. The molecule has 0 spiro atoms. The average Bonchev–Trinajstić information content (AvgIpc) is 3.22. The van der Waals surface area contributed by atoms with Crippen LogP contribution in [0.25, 0.3) is 0 Å². The summed E-state index contributed by atoms with van der Waals surface area (Å²) in [5, 5.41) is 8.64. The Balaban J connectivity index is 1.38. The van der Waals surface area contributed by atoms with Crippen LogP contribution >= 0.6 is 0 Å². The fraction of sp³-hybridized carbons (Fsp3) is 0.938. The summed E-state index contributed by atoms with van der Waals surface area (Å²) < 4.78 is 5.68. The van der Waals surface area contributed by atoms with Crippen LogP contribution in [0.1, 0.15) is 45.4 Å². The van der Waals surface area contributed by atoms with Crippen molar-refractivity contribution >= 4 is 5.97 Å². The standard InChI is InChI=1S/C16H28N2O3/c1-12-10-14(11-18(12)13-2-3-13)17-7-4-15(5-8-17)21-9-6-16(19)20/h12-15H,2-11H2,1H3,(H,19,20). The highest BCUT2D eigenvalue weighted by Gasteiger charge is 2.41. The number of hydrogen-bond acceptors (Lipinski definition) is 4. The van der Waals surface area contributed by atoms with Crippen LogP contribution in [-0.4, -0.2) is 71.3 Å². The maximum absolute atomic E-state index is 10.5. The van der Waals surface area contributed by atoms with Crippen LogP contribution in [0.5, 0.6) is 0 Å². The molecular formula is C16H28N2O3. The zero-order valence-corrected chi connectivity index (χ0v) is 13.0. The minimum atomic E-state index is -0.771. The second-order valence-corrected chi connectivity index (χ2v) is 6.92. The summed E-state index contributed by atoms with van der Waals surface area (Å²) in [6.45, 7) is 6.19. The molecule has 2 aliphatic heterocycles. The van der Waals surface area contributed by atoms with Crippen LogP contribution in [0.15, 0.2) is 0 Å². The van der Waals surface area contributed by atoms with Crippen molar-refractivity contribution < 1.29 is 14.6 Å². The van der Waals surface area contributed by atoms with Crippen molar-refractivity contribution in [2.45, 2.75) is 69.7 Å². The molecule has 5 heteroatoms. The summed E-state index contributed by atoms with van der Waals surface area (Å²) in [6.07, 6.45) is 6.59. The summed E-state index contributed by atoms with van der Waals surface area (Å²) in [6, 6.07) is 2.34. The second-order valence-electron chi connectivity index (χ2n) is 6.92. The van der Waals surface area contributed by atoms with Gasteiger partial charge in [-0.1, -0.05) is 0 Å². The van der Waals surface area contributed by atoms with Crippen LogP contribution in [0, 0.1) is 0 Å². The quantitative estimate of drug-likeness (QED) is 0.806. The number of carboxylic acid groups (broad SMARTS) is 1. The fourth-order valence-electron chi connectivity index (χ4n) is 3.93. The summed E-state index contributed by atoms with van der Waals surface area (Å²) in [4.78, 5) is 15.8. The highest BCUT2D eigenvalue weighted by Crippen LogP contribution is 2.35. The first-order valence-electron chi connectivity index (χ1n) is 8.46. The topological polar surface area (TPSA) is 53.0 Å². The number of piperidine rings is 1. The van der Waals surface area contributed by atoms with Crippen LogP contribution in [-0.2, 0) is 9.53 Å². The fourth-order valence-corrected chi connectivity index (χ4v) is 3.93. The zero-order chi connectivity index (χ0) is 14.8. The molecule has 1 N–H and O–H groups in total.